The lowest BCUT2D eigenvalue weighted by molar-refractivity contribution is -0.118. The number of hydrogen-bond donors (Lipinski definition) is 1. The largest absolute Gasteiger partial charge is 0.484 e. The first-order valence-corrected chi connectivity index (χ1v) is 9.47. The number of nitrogens with one attached hydrogen (secondary N) is 1. The van der Waals surface area contributed by atoms with Crippen LogP contribution in [0.5, 0.6) is 5.75 Å². The molecule has 0 atom stereocenters. The number of aromatic nitrogens is 2. The van der Waals surface area contributed by atoms with Gasteiger partial charge in [0.2, 0.25) is 0 Å². The average Bonchev–Trinajstić information content (AvgIpc) is 3.23. The summed E-state index contributed by atoms with van der Waals surface area (Å²) in [4.78, 5) is 24.5. The number of benzene rings is 1. The van der Waals surface area contributed by atoms with Gasteiger partial charge in [0.1, 0.15) is 11.6 Å². The number of carbonyl (C=O) groups is 2. The summed E-state index contributed by atoms with van der Waals surface area (Å²) in [5.41, 5.74) is 0.603. The highest BCUT2D eigenvalue weighted by molar-refractivity contribution is 9.10. The average molecular weight is 434 g/mol. The Morgan fingerprint density at radius 2 is 2.04 bits per heavy atom. The number of carbonyl (C=O) groups excluding carboxylic acids is 2. The molecule has 0 unspecified atom stereocenters. The Labute approximate surface area is 162 Å². The van der Waals surface area contributed by atoms with E-state index in [1.807, 2.05) is 11.4 Å². The number of rotatable bonds is 7. The summed E-state index contributed by atoms with van der Waals surface area (Å²) in [6.45, 7) is 1.95. The van der Waals surface area contributed by atoms with Gasteiger partial charge in [-0.3, -0.25) is 9.59 Å². The number of halogens is 1. The third-order valence-corrected chi connectivity index (χ3v) is 5.22. The SMILES string of the molecule is CC(=O)c1ccc(OCC(=O)Nc2ccnn2Cc2cc(Br)cs2)cc1. The number of nitrogens with zero attached hydrogens (tertiary/aromatic N) is 2. The minimum absolute atomic E-state index is 0.0136. The lowest BCUT2D eigenvalue weighted by Crippen LogP contribution is -2.22. The molecular formula is C18H16BrN3O3S. The van der Waals surface area contributed by atoms with Gasteiger partial charge in [-0.05, 0) is 53.2 Å². The molecule has 134 valence electrons. The van der Waals surface area contributed by atoms with Crippen molar-refractivity contribution in [1.82, 2.24) is 9.78 Å². The van der Waals surface area contributed by atoms with E-state index in [-0.39, 0.29) is 18.3 Å². The number of Topliss-reactive ketones (excluding diaryl/α,β-unsaturated/α-hetero) is 1. The van der Waals surface area contributed by atoms with Crippen molar-refractivity contribution >= 4 is 44.8 Å². The Kier molecular flexibility index (Phi) is 5.85. The standard InChI is InChI=1S/C18H16BrN3O3S/c1-12(23)13-2-4-15(5-3-13)25-10-18(24)21-17-6-7-20-22(17)9-16-8-14(19)11-26-16/h2-8,11H,9-10H2,1H3,(H,21,24). The third kappa shape index (κ3) is 4.80. The van der Waals surface area contributed by atoms with Crippen molar-refractivity contribution in [2.24, 2.45) is 0 Å². The van der Waals surface area contributed by atoms with Crippen LogP contribution in [0.4, 0.5) is 5.82 Å². The molecule has 2 aromatic heterocycles. The van der Waals surface area contributed by atoms with E-state index >= 15 is 0 Å². The molecule has 0 saturated heterocycles. The molecule has 0 fully saturated rings. The summed E-state index contributed by atoms with van der Waals surface area (Å²) in [7, 11) is 0. The predicted molar refractivity (Wildman–Crippen MR) is 104 cm³/mol. The monoisotopic (exact) mass is 433 g/mol. The molecule has 1 N–H and O–H groups in total. The van der Waals surface area contributed by atoms with Crippen molar-refractivity contribution in [3.05, 3.63) is 62.9 Å². The van der Waals surface area contributed by atoms with Crippen molar-refractivity contribution in [3.63, 3.8) is 0 Å². The smallest absolute Gasteiger partial charge is 0.263 e. The second kappa shape index (κ2) is 8.29. The molecule has 26 heavy (non-hydrogen) atoms. The zero-order valence-corrected chi connectivity index (χ0v) is 16.3. The summed E-state index contributed by atoms with van der Waals surface area (Å²) in [6.07, 6.45) is 1.64. The highest BCUT2D eigenvalue weighted by Gasteiger charge is 2.10. The molecule has 0 bridgehead atoms. The molecule has 3 aromatic rings. The molecule has 0 aliphatic rings. The first-order chi connectivity index (χ1) is 12.5. The van der Waals surface area contributed by atoms with Crippen LogP contribution in [0.1, 0.15) is 22.2 Å². The zero-order chi connectivity index (χ0) is 18.5. The number of amides is 1. The highest BCUT2D eigenvalue weighted by atomic mass is 79.9. The van der Waals surface area contributed by atoms with Gasteiger partial charge in [0, 0.05) is 26.4 Å². The van der Waals surface area contributed by atoms with E-state index in [4.69, 9.17) is 4.74 Å². The van der Waals surface area contributed by atoms with Gasteiger partial charge in [0.15, 0.2) is 12.4 Å². The predicted octanol–water partition coefficient (Wildman–Crippen LogP) is 3.98. The zero-order valence-electron chi connectivity index (χ0n) is 13.9. The van der Waals surface area contributed by atoms with Crippen LogP contribution in [0, 0.1) is 0 Å². The summed E-state index contributed by atoms with van der Waals surface area (Å²) < 4.78 is 8.20. The number of anilines is 1. The fourth-order valence-corrected chi connectivity index (χ4v) is 3.69. The topological polar surface area (TPSA) is 73.2 Å². The molecule has 1 aromatic carbocycles. The van der Waals surface area contributed by atoms with Gasteiger partial charge in [-0.25, -0.2) is 4.68 Å². The van der Waals surface area contributed by atoms with Crippen LogP contribution in [-0.4, -0.2) is 28.1 Å². The van der Waals surface area contributed by atoms with Crippen LogP contribution >= 0.6 is 27.3 Å². The molecule has 1 amide bonds. The molecule has 0 radical (unpaired) electrons. The lowest BCUT2D eigenvalue weighted by atomic mass is 10.1. The van der Waals surface area contributed by atoms with E-state index in [1.165, 1.54) is 6.92 Å². The van der Waals surface area contributed by atoms with Crippen LogP contribution in [0.15, 0.2) is 52.4 Å². The number of ether oxygens (including phenoxy) is 1. The van der Waals surface area contributed by atoms with E-state index in [0.29, 0.717) is 23.7 Å². The van der Waals surface area contributed by atoms with E-state index in [1.54, 1.807) is 52.5 Å². The molecule has 2 heterocycles. The molecule has 0 aliphatic carbocycles. The van der Waals surface area contributed by atoms with Crippen LogP contribution in [-0.2, 0) is 11.3 Å². The van der Waals surface area contributed by atoms with Gasteiger partial charge in [0.25, 0.3) is 5.91 Å². The Bertz CT molecular complexity index is 918. The molecule has 8 heteroatoms. The molecule has 0 aliphatic heterocycles. The van der Waals surface area contributed by atoms with Gasteiger partial charge in [-0.15, -0.1) is 11.3 Å². The van der Waals surface area contributed by atoms with Crippen molar-refractivity contribution in [1.29, 1.82) is 0 Å². The summed E-state index contributed by atoms with van der Waals surface area (Å²) >= 11 is 5.04. The van der Waals surface area contributed by atoms with Crippen molar-refractivity contribution in [2.45, 2.75) is 13.5 Å². The van der Waals surface area contributed by atoms with E-state index in [9.17, 15) is 9.59 Å². The second-order valence-corrected chi connectivity index (χ2v) is 7.43. The minimum atomic E-state index is -0.283. The number of thiophene rings is 1. The lowest BCUT2D eigenvalue weighted by Gasteiger charge is -2.09. The maximum absolute atomic E-state index is 12.1. The highest BCUT2D eigenvalue weighted by Crippen LogP contribution is 2.21. The van der Waals surface area contributed by atoms with Crippen LogP contribution in [0.25, 0.3) is 0 Å². The van der Waals surface area contributed by atoms with Gasteiger partial charge in [-0.2, -0.15) is 5.10 Å². The first kappa shape index (κ1) is 18.3. The van der Waals surface area contributed by atoms with Crippen LogP contribution in [0.3, 0.4) is 0 Å². The van der Waals surface area contributed by atoms with E-state index in [0.717, 1.165) is 9.35 Å². The fraction of sp³-hybridized carbons (Fsp3) is 0.167. The second-order valence-electron chi connectivity index (χ2n) is 5.52. The molecule has 6 nitrogen and oxygen atoms in total. The van der Waals surface area contributed by atoms with Gasteiger partial charge in [0.05, 0.1) is 12.7 Å². The number of hydrogen-bond acceptors (Lipinski definition) is 5. The summed E-state index contributed by atoms with van der Waals surface area (Å²) in [6, 6.07) is 10.4. The normalized spacial score (nSPS) is 10.5. The third-order valence-electron chi connectivity index (χ3n) is 3.54. The Hall–Kier alpha value is -2.45. The Balaban J connectivity index is 1.55. The van der Waals surface area contributed by atoms with Crippen molar-refractivity contribution in [2.75, 3.05) is 11.9 Å². The minimum Gasteiger partial charge on any atom is -0.484 e. The van der Waals surface area contributed by atoms with Crippen LogP contribution < -0.4 is 10.1 Å². The Morgan fingerprint density at radius 1 is 1.27 bits per heavy atom. The molecule has 0 saturated carbocycles. The van der Waals surface area contributed by atoms with Crippen molar-refractivity contribution in [3.8, 4) is 5.75 Å². The maximum atomic E-state index is 12.1. The van der Waals surface area contributed by atoms with Gasteiger partial charge in [-0.1, -0.05) is 0 Å². The summed E-state index contributed by atoms with van der Waals surface area (Å²) in [5, 5.41) is 9.03. The first-order valence-electron chi connectivity index (χ1n) is 7.79. The van der Waals surface area contributed by atoms with Gasteiger partial charge < -0.3 is 10.1 Å². The summed E-state index contributed by atoms with van der Waals surface area (Å²) in [5.74, 6) is 0.840. The fourth-order valence-electron chi connectivity index (χ4n) is 2.26. The molecule has 0 spiro atoms. The number of ketones is 1. The van der Waals surface area contributed by atoms with E-state index < -0.39 is 0 Å². The van der Waals surface area contributed by atoms with Crippen LogP contribution in [0.2, 0.25) is 0 Å². The molecule has 3 rings (SSSR count). The molecular weight excluding hydrogens is 418 g/mol. The Morgan fingerprint density at radius 3 is 2.69 bits per heavy atom. The quantitative estimate of drug-likeness (QED) is 0.571. The van der Waals surface area contributed by atoms with E-state index in [2.05, 4.69) is 26.3 Å². The van der Waals surface area contributed by atoms with Gasteiger partial charge >= 0.3 is 0 Å². The van der Waals surface area contributed by atoms with Crippen molar-refractivity contribution < 1.29 is 14.3 Å². The maximum Gasteiger partial charge on any atom is 0.263 e.